The van der Waals surface area contributed by atoms with Gasteiger partial charge in [0.05, 0.1) is 0 Å². The van der Waals surface area contributed by atoms with Crippen LogP contribution in [0, 0.1) is 23.7 Å². The highest BCUT2D eigenvalue weighted by molar-refractivity contribution is 5.81. The molecule has 0 heterocycles. The van der Waals surface area contributed by atoms with Gasteiger partial charge in [-0.25, -0.2) is 0 Å². The van der Waals surface area contributed by atoms with Crippen LogP contribution in [0.4, 0.5) is 0 Å². The normalized spacial score (nSPS) is 29.9. The zero-order valence-electron chi connectivity index (χ0n) is 16.9. The summed E-state index contributed by atoms with van der Waals surface area (Å²) < 4.78 is 0. The number of hydrogen-bond acceptors (Lipinski definition) is 2. The van der Waals surface area contributed by atoms with Gasteiger partial charge in [-0.3, -0.25) is 9.59 Å². The molecule has 3 aliphatic rings. The number of carbonyl (C=O) groups is 2. The van der Waals surface area contributed by atoms with Gasteiger partial charge in [-0.2, -0.15) is 0 Å². The fourth-order valence-corrected chi connectivity index (χ4v) is 5.96. The molecule has 0 N–H and O–H groups in total. The Labute approximate surface area is 160 Å². The SMILES string of the molecule is O=C(CCCCC(=O)C1CCC2CCCCC2C1)CCC1CCCCC1. The van der Waals surface area contributed by atoms with Gasteiger partial charge in [-0.05, 0) is 56.3 Å². The van der Waals surface area contributed by atoms with E-state index in [9.17, 15) is 9.59 Å². The van der Waals surface area contributed by atoms with Crippen LogP contribution in [0.15, 0.2) is 0 Å². The minimum Gasteiger partial charge on any atom is -0.300 e. The summed E-state index contributed by atoms with van der Waals surface area (Å²) in [7, 11) is 0. The summed E-state index contributed by atoms with van der Waals surface area (Å²) in [6, 6.07) is 0. The van der Waals surface area contributed by atoms with Gasteiger partial charge in [0.2, 0.25) is 0 Å². The van der Waals surface area contributed by atoms with Crippen LogP contribution in [0.1, 0.15) is 116 Å². The molecular weight excluding hydrogens is 320 g/mol. The predicted octanol–water partition coefficient (Wildman–Crippen LogP) is 6.65. The van der Waals surface area contributed by atoms with Crippen molar-refractivity contribution in [2.45, 2.75) is 116 Å². The van der Waals surface area contributed by atoms with E-state index in [2.05, 4.69) is 0 Å². The summed E-state index contributed by atoms with van der Waals surface area (Å²) in [5, 5.41) is 0. The molecule has 3 unspecified atom stereocenters. The molecule has 0 aliphatic heterocycles. The Morgan fingerprint density at radius 3 is 2.15 bits per heavy atom. The number of rotatable bonds is 9. The summed E-state index contributed by atoms with van der Waals surface area (Å²) in [6.07, 6.45) is 21.1. The molecule has 2 heteroatoms. The number of ketones is 2. The average Bonchev–Trinajstić information content (AvgIpc) is 2.70. The lowest BCUT2D eigenvalue weighted by Crippen LogP contribution is -2.31. The Morgan fingerprint density at radius 2 is 1.35 bits per heavy atom. The van der Waals surface area contributed by atoms with Crippen LogP contribution in [-0.4, -0.2) is 11.6 Å². The van der Waals surface area contributed by atoms with E-state index in [0.29, 0.717) is 23.9 Å². The van der Waals surface area contributed by atoms with Crippen LogP contribution in [0.25, 0.3) is 0 Å². The van der Waals surface area contributed by atoms with Crippen LogP contribution >= 0.6 is 0 Å². The first-order valence-electron chi connectivity index (χ1n) is 11.8. The highest BCUT2D eigenvalue weighted by Gasteiger charge is 2.34. The van der Waals surface area contributed by atoms with Gasteiger partial charge in [-0.15, -0.1) is 0 Å². The molecule has 2 nitrogen and oxygen atoms in total. The largest absolute Gasteiger partial charge is 0.300 e. The molecule has 0 amide bonds. The lowest BCUT2D eigenvalue weighted by molar-refractivity contribution is -0.125. The minimum atomic E-state index is 0.344. The summed E-state index contributed by atoms with van der Waals surface area (Å²) in [4.78, 5) is 24.7. The van der Waals surface area contributed by atoms with E-state index in [1.807, 2.05) is 0 Å². The lowest BCUT2D eigenvalue weighted by atomic mass is 9.66. The molecular formula is C24H40O2. The van der Waals surface area contributed by atoms with Crippen LogP contribution < -0.4 is 0 Å². The smallest absolute Gasteiger partial charge is 0.135 e. The number of fused-ring (bicyclic) bond motifs is 1. The van der Waals surface area contributed by atoms with E-state index in [4.69, 9.17) is 0 Å². The average molecular weight is 361 g/mol. The maximum Gasteiger partial charge on any atom is 0.135 e. The van der Waals surface area contributed by atoms with E-state index in [1.54, 1.807) is 0 Å². The Morgan fingerprint density at radius 1 is 0.654 bits per heavy atom. The van der Waals surface area contributed by atoms with Gasteiger partial charge < -0.3 is 0 Å². The second-order valence-electron chi connectivity index (χ2n) is 9.57. The molecule has 3 rings (SSSR count). The number of Topliss-reactive ketones (excluding diaryl/α,β-unsaturated/α-hetero) is 2. The van der Waals surface area contributed by atoms with Crippen molar-refractivity contribution in [2.75, 3.05) is 0 Å². The zero-order valence-corrected chi connectivity index (χ0v) is 16.9. The number of unbranched alkanes of at least 4 members (excludes halogenated alkanes) is 1. The van der Waals surface area contributed by atoms with Gasteiger partial charge in [0.1, 0.15) is 11.6 Å². The van der Waals surface area contributed by atoms with Crippen molar-refractivity contribution in [3.05, 3.63) is 0 Å². The van der Waals surface area contributed by atoms with E-state index in [-0.39, 0.29) is 0 Å². The van der Waals surface area contributed by atoms with Crippen LogP contribution in [-0.2, 0) is 9.59 Å². The summed E-state index contributed by atoms with van der Waals surface area (Å²) in [5.74, 6) is 3.86. The molecule has 0 radical (unpaired) electrons. The van der Waals surface area contributed by atoms with E-state index < -0.39 is 0 Å². The molecule has 3 fully saturated rings. The topological polar surface area (TPSA) is 34.1 Å². The first kappa shape index (κ1) is 20.1. The first-order valence-corrected chi connectivity index (χ1v) is 11.8. The first-order chi connectivity index (χ1) is 12.7. The summed E-state index contributed by atoms with van der Waals surface area (Å²) >= 11 is 0. The third-order valence-corrected chi connectivity index (χ3v) is 7.68. The monoisotopic (exact) mass is 360 g/mol. The van der Waals surface area contributed by atoms with Crippen molar-refractivity contribution in [1.29, 1.82) is 0 Å². The van der Waals surface area contributed by atoms with Gasteiger partial charge in [0.25, 0.3) is 0 Å². The van der Waals surface area contributed by atoms with E-state index in [0.717, 1.165) is 56.3 Å². The molecule has 0 saturated heterocycles. The third-order valence-electron chi connectivity index (χ3n) is 7.68. The summed E-state index contributed by atoms with van der Waals surface area (Å²) in [6.45, 7) is 0. The van der Waals surface area contributed by atoms with Crippen molar-refractivity contribution < 1.29 is 9.59 Å². The Bertz CT molecular complexity index is 449. The Hall–Kier alpha value is -0.660. The quantitative estimate of drug-likeness (QED) is 0.431. The fourth-order valence-electron chi connectivity index (χ4n) is 5.96. The second kappa shape index (κ2) is 10.6. The molecule has 3 aliphatic carbocycles. The molecule has 3 saturated carbocycles. The van der Waals surface area contributed by atoms with Crippen molar-refractivity contribution in [2.24, 2.45) is 23.7 Å². The van der Waals surface area contributed by atoms with Crippen molar-refractivity contribution >= 4 is 11.6 Å². The van der Waals surface area contributed by atoms with Crippen molar-refractivity contribution in [3.63, 3.8) is 0 Å². The van der Waals surface area contributed by atoms with Crippen LogP contribution in [0.3, 0.4) is 0 Å². The zero-order chi connectivity index (χ0) is 18.2. The van der Waals surface area contributed by atoms with Gasteiger partial charge in [0, 0.05) is 25.2 Å². The van der Waals surface area contributed by atoms with Gasteiger partial charge in [-0.1, -0.05) is 57.8 Å². The number of hydrogen-bond donors (Lipinski definition) is 0. The summed E-state index contributed by atoms with van der Waals surface area (Å²) in [5.41, 5.74) is 0. The molecule has 3 atom stereocenters. The molecule has 0 aromatic heterocycles. The maximum atomic E-state index is 12.6. The van der Waals surface area contributed by atoms with Crippen LogP contribution in [0.2, 0.25) is 0 Å². The minimum absolute atomic E-state index is 0.344. The van der Waals surface area contributed by atoms with Crippen molar-refractivity contribution in [1.82, 2.24) is 0 Å². The fraction of sp³-hybridized carbons (Fsp3) is 0.917. The molecule has 148 valence electrons. The van der Waals surface area contributed by atoms with E-state index in [1.165, 1.54) is 70.6 Å². The molecule has 26 heavy (non-hydrogen) atoms. The molecule has 0 aromatic carbocycles. The highest BCUT2D eigenvalue weighted by Crippen LogP contribution is 2.43. The highest BCUT2D eigenvalue weighted by atomic mass is 16.1. The predicted molar refractivity (Wildman–Crippen MR) is 107 cm³/mol. The second-order valence-corrected chi connectivity index (χ2v) is 9.57. The third kappa shape index (κ3) is 6.20. The number of carbonyl (C=O) groups excluding carboxylic acids is 2. The van der Waals surface area contributed by atoms with E-state index >= 15 is 0 Å². The molecule has 0 aromatic rings. The lowest BCUT2D eigenvalue weighted by Gasteiger charge is -2.38. The van der Waals surface area contributed by atoms with Gasteiger partial charge >= 0.3 is 0 Å². The Kier molecular flexibility index (Phi) is 8.20. The Balaban J connectivity index is 1.25. The van der Waals surface area contributed by atoms with Crippen LogP contribution in [0.5, 0.6) is 0 Å². The van der Waals surface area contributed by atoms with Crippen molar-refractivity contribution in [3.8, 4) is 0 Å². The molecule has 0 bridgehead atoms. The standard InChI is InChI=1S/C24H40O2/c25-23(17-14-19-8-2-1-3-9-19)12-6-7-13-24(26)22-16-15-20-10-4-5-11-21(20)18-22/h19-22H,1-18H2. The van der Waals surface area contributed by atoms with Gasteiger partial charge in [0.15, 0.2) is 0 Å². The molecule has 0 spiro atoms. The maximum absolute atomic E-state index is 12.6.